The molecule has 0 unspecified atom stereocenters. The molecule has 0 spiro atoms. The fourth-order valence-electron chi connectivity index (χ4n) is 3.51. The molecule has 1 amide bonds. The van der Waals surface area contributed by atoms with E-state index in [1.165, 1.54) is 5.56 Å². The predicted molar refractivity (Wildman–Crippen MR) is 89.4 cm³/mol. The van der Waals surface area contributed by atoms with Crippen LogP contribution in [0.5, 0.6) is 0 Å². The molecular weight excluding hydrogens is 272 g/mol. The second-order valence-corrected chi connectivity index (χ2v) is 7.31. The number of piperazine rings is 1. The van der Waals surface area contributed by atoms with Crippen molar-refractivity contribution in [3.8, 4) is 0 Å². The van der Waals surface area contributed by atoms with Crippen molar-refractivity contribution in [2.24, 2.45) is 11.8 Å². The minimum absolute atomic E-state index is 0.343. The first-order valence-corrected chi connectivity index (χ1v) is 8.70. The summed E-state index contributed by atoms with van der Waals surface area (Å²) in [6.07, 6.45) is 3.33. The van der Waals surface area contributed by atoms with Gasteiger partial charge in [-0.2, -0.15) is 0 Å². The maximum absolute atomic E-state index is 12.5. The number of rotatable bonds is 5. The van der Waals surface area contributed by atoms with E-state index in [-0.39, 0.29) is 0 Å². The largest absolute Gasteiger partial charge is 0.337 e. The lowest BCUT2D eigenvalue weighted by Crippen LogP contribution is -2.55. The Morgan fingerprint density at radius 2 is 1.91 bits per heavy atom. The molecule has 3 heteroatoms. The van der Waals surface area contributed by atoms with Crippen LogP contribution in [0, 0.1) is 11.8 Å². The van der Waals surface area contributed by atoms with Crippen LogP contribution >= 0.6 is 0 Å². The Labute approximate surface area is 134 Å². The van der Waals surface area contributed by atoms with Gasteiger partial charge in [-0.05, 0) is 30.7 Å². The van der Waals surface area contributed by atoms with Gasteiger partial charge in [0.05, 0.1) is 0 Å². The van der Waals surface area contributed by atoms with E-state index in [0.29, 0.717) is 23.8 Å². The molecule has 0 radical (unpaired) electrons. The molecule has 1 saturated heterocycles. The minimum Gasteiger partial charge on any atom is -0.337 e. The molecule has 1 heterocycles. The Morgan fingerprint density at radius 1 is 1.18 bits per heavy atom. The molecule has 2 fully saturated rings. The van der Waals surface area contributed by atoms with Gasteiger partial charge in [-0.3, -0.25) is 9.69 Å². The topological polar surface area (TPSA) is 23.6 Å². The van der Waals surface area contributed by atoms with E-state index in [1.807, 2.05) is 0 Å². The van der Waals surface area contributed by atoms with Crippen molar-refractivity contribution in [1.29, 1.82) is 0 Å². The Bertz CT molecular complexity index is 495. The van der Waals surface area contributed by atoms with E-state index in [9.17, 15) is 4.79 Å². The molecule has 120 valence electrons. The van der Waals surface area contributed by atoms with Crippen molar-refractivity contribution in [1.82, 2.24) is 9.80 Å². The van der Waals surface area contributed by atoms with E-state index in [0.717, 1.165) is 45.4 Å². The highest BCUT2D eigenvalue weighted by atomic mass is 16.2. The molecule has 1 aromatic carbocycles. The first kappa shape index (κ1) is 15.5. The van der Waals surface area contributed by atoms with Crippen molar-refractivity contribution in [3.63, 3.8) is 0 Å². The fraction of sp³-hybridized carbons (Fsp3) is 0.632. The van der Waals surface area contributed by atoms with Gasteiger partial charge in [-0.25, -0.2) is 0 Å². The van der Waals surface area contributed by atoms with E-state index in [4.69, 9.17) is 0 Å². The first-order chi connectivity index (χ1) is 10.6. The molecule has 1 aliphatic carbocycles. The molecule has 0 bridgehead atoms. The number of amides is 1. The molecule has 1 saturated carbocycles. The van der Waals surface area contributed by atoms with Crippen LogP contribution < -0.4 is 0 Å². The van der Waals surface area contributed by atoms with Gasteiger partial charge in [-0.15, -0.1) is 0 Å². The SMILES string of the molecule is CC(C)C[C@@H]1CN(Cc2ccccc2)CCN1C(=O)C1CC1. The lowest BCUT2D eigenvalue weighted by atomic mass is 9.99. The Kier molecular flexibility index (Phi) is 4.82. The molecule has 0 aromatic heterocycles. The maximum atomic E-state index is 12.5. The van der Waals surface area contributed by atoms with Crippen LogP contribution in [-0.4, -0.2) is 41.4 Å². The predicted octanol–water partition coefficient (Wildman–Crippen LogP) is 3.16. The summed E-state index contributed by atoms with van der Waals surface area (Å²) in [5.41, 5.74) is 1.37. The second kappa shape index (κ2) is 6.82. The quantitative estimate of drug-likeness (QED) is 0.834. The zero-order chi connectivity index (χ0) is 15.5. The van der Waals surface area contributed by atoms with E-state index in [2.05, 4.69) is 54.0 Å². The molecule has 3 rings (SSSR count). The third-order valence-electron chi connectivity index (χ3n) is 4.77. The van der Waals surface area contributed by atoms with Gasteiger partial charge >= 0.3 is 0 Å². The second-order valence-electron chi connectivity index (χ2n) is 7.31. The molecule has 0 N–H and O–H groups in total. The van der Waals surface area contributed by atoms with Crippen LogP contribution in [0.2, 0.25) is 0 Å². The van der Waals surface area contributed by atoms with Crippen LogP contribution in [0.4, 0.5) is 0 Å². The third kappa shape index (κ3) is 3.89. The molecule has 1 aromatic rings. The molecule has 22 heavy (non-hydrogen) atoms. The smallest absolute Gasteiger partial charge is 0.226 e. The fourth-order valence-corrected chi connectivity index (χ4v) is 3.51. The summed E-state index contributed by atoms with van der Waals surface area (Å²) in [5, 5.41) is 0. The van der Waals surface area contributed by atoms with Gasteiger partial charge in [0.2, 0.25) is 5.91 Å². The number of benzene rings is 1. The van der Waals surface area contributed by atoms with E-state index >= 15 is 0 Å². The van der Waals surface area contributed by atoms with Gasteiger partial charge in [0, 0.05) is 38.1 Å². The molecular formula is C19H28N2O. The van der Waals surface area contributed by atoms with Crippen LogP contribution in [-0.2, 0) is 11.3 Å². The zero-order valence-electron chi connectivity index (χ0n) is 13.9. The monoisotopic (exact) mass is 300 g/mol. The van der Waals surface area contributed by atoms with Crippen LogP contribution in [0.25, 0.3) is 0 Å². The van der Waals surface area contributed by atoms with Gasteiger partial charge in [-0.1, -0.05) is 44.2 Å². The third-order valence-corrected chi connectivity index (χ3v) is 4.77. The van der Waals surface area contributed by atoms with Gasteiger partial charge in [0.25, 0.3) is 0 Å². The number of carbonyl (C=O) groups is 1. The van der Waals surface area contributed by atoms with Crippen molar-refractivity contribution in [2.75, 3.05) is 19.6 Å². The number of hydrogen-bond acceptors (Lipinski definition) is 2. The Hall–Kier alpha value is -1.35. The van der Waals surface area contributed by atoms with Gasteiger partial charge in [0.1, 0.15) is 0 Å². The molecule has 1 atom stereocenters. The highest BCUT2D eigenvalue weighted by molar-refractivity contribution is 5.81. The number of carbonyl (C=O) groups excluding carboxylic acids is 1. The standard InChI is InChI=1S/C19H28N2O/c1-15(2)12-18-14-20(13-16-6-4-3-5-7-16)10-11-21(18)19(22)17-8-9-17/h3-7,15,17-18H,8-14H2,1-2H3/t18-/m1/s1. The van der Waals surface area contributed by atoms with Gasteiger partial charge < -0.3 is 4.90 Å². The first-order valence-electron chi connectivity index (χ1n) is 8.70. The highest BCUT2D eigenvalue weighted by Crippen LogP contribution is 2.33. The van der Waals surface area contributed by atoms with Crippen LogP contribution in [0.15, 0.2) is 30.3 Å². The average Bonchev–Trinajstić information content (AvgIpc) is 3.32. The van der Waals surface area contributed by atoms with E-state index in [1.54, 1.807) is 0 Å². The summed E-state index contributed by atoms with van der Waals surface area (Å²) in [4.78, 5) is 17.2. The lowest BCUT2D eigenvalue weighted by Gasteiger charge is -2.42. The van der Waals surface area contributed by atoms with E-state index < -0.39 is 0 Å². The molecule has 2 aliphatic rings. The van der Waals surface area contributed by atoms with Crippen molar-refractivity contribution < 1.29 is 4.79 Å². The summed E-state index contributed by atoms with van der Waals surface area (Å²) >= 11 is 0. The lowest BCUT2D eigenvalue weighted by molar-refractivity contribution is -0.138. The zero-order valence-corrected chi connectivity index (χ0v) is 13.9. The summed E-state index contributed by atoms with van der Waals surface area (Å²) < 4.78 is 0. The van der Waals surface area contributed by atoms with Crippen molar-refractivity contribution >= 4 is 5.91 Å². The van der Waals surface area contributed by atoms with Crippen molar-refractivity contribution in [2.45, 2.75) is 45.7 Å². The number of nitrogens with zero attached hydrogens (tertiary/aromatic N) is 2. The summed E-state index contributed by atoms with van der Waals surface area (Å²) in [6.45, 7) is 8.44. The molecule has 3 nitrogen and oxygen atoms in total. The summed E-state index contributed by atoms with van der Waals surface area (Å²) in [7, 11) is 0. The van der Waals surface area contributed by atoms with Crippen LogP contribution in [0.1, 0.15) is 38.7 Å². The van der Waals surface area contributed by atoms with Crippen molar-refractivity contribution in [3.05, 3.63) is 35.9 Å². The van der Waals surface area contributed by atoms with Gasteiger partial charge in [0.15, 0.2) is 0 Å². The Morgan fingerprint density at radius 3 is 2.55 bits per heavy atom. The minimum atomic E-state index is 0.343. The Balaban J connectivity index is 1.64. The van der Waals surface area contributed by atoms with Crippen LogP contribution in [0.3, 0.4) is 0 Å². The highest BCUT2D eigenvalue weighted by Gasteiger charge is 2.38. The normalized spacial score (nSPS) is 23.0. The maximum Gasteiger partial charge on any atom is 0.226 e. The summed E-state index contributed by atoms with van der Waals surface area (Å²) in [5.74, 6) is 1.40. The average molecular weight is 300 g/mol. The number of hydrogen-bond donors (Lipinski definition) is 0. The molecule has 1 aliphatic heterocycles. The summed E-state index contributed by atoms with van der Waals surface area (Å²) in [6, 6.07) is 11.1.